The minimum atomic E-state index is 0.321. The lowest BCUT2D eigenvalue weighted by Crippen LogP contribution is -2.04. The first-order valence-corrected chi connectivity index (χ1v) is 5.56. The van der Waals surface area contributed by atoms with Gasteiger partial charge in [0.1, 0.15) is 0 Å². The van der Waals surface area contributed by atoms with Gasteiger partial charge in [0.2, 0.25) is 0 Å². The highest BCUT2D eigenvalue weighted by molar-refractivity contribution is 6.33. The fraction of sp³-hybridized carbons (Fsp3) is 0.250. The number of hydrogen-bond donors (Lipinski definition) is 1. The van der Waals surface area contributed by atoms with Crippen molar-refractivity contribution in [3.63, 3.8) is 0 Å². The van der Waals surface area contributed by atoms with Crippen molar-refractivity contribution in [2.75, 3.05) is 5.73 Å². The minimum Gasteiger partial charge on any atom is -0.398 e. The van der Waals surface area contributed by atoms with Gasteiger partial charge in [-0.2, -0.15) is 5.10 Å². The summed E-state index contributed by atoms with van der Waals surface area (Å²) in [6.45, 7) is 4.19. The molecule has 1 heterocycles. The van der Waals surface area contributed by atoms with E-state index >= 15 is 0 Å². The molecule has 0 aliphatic rings. The van der Waals surface area contributed by atoms with Gasteiger partial charge in [-0.25, -0.2) is 0 Å². The molecule has 2 N–H and O–H groups in total. The van der Waals surface area contributed by atoms with Crippen molar-refractivity contribution >= 4 is 17.3 Å². The maximum Gasteiger partial charge on any atom is 0.0686 e. The van der Waals surface area contributed by atoms with Gasteiger partial charge in [-0.3, -0.25) is 4.68 Å². The summed E-state index contributed by atoms with van der Waals surface area (Å²) in [5, 5.41) is 4.87. The largest absolute Gasteiger partial charge is 0.398 e. The molecule has 0 aliphatic carbocycles. The first kappa shape index (κ1) is 11.0. The van der Waals surface area contributed by atoms with Crippen LogP contribution in [0.2, 0.25) is 5.02 Å². The summed E-state index contributed by atoms with van der Waals surface area (Å²) < 4.78 is 1.96. The number of rotatable bonds is 2. The molecule has 4 heteroatoms. The van der Waals surface area contributed by atoms with E-state index < -0.39 is 0 Å². The zero-order valence-electron chi connectivity index (χ0n) is 9.31. The van der Waals surface area contributed by atoms with Gasteiger partial charge in [-0.05, 0) is 32.0 Å². The summed E-state index contributed by atoms with van der Waals surface area (Å²) in [5.41, 5.74) is 8.47. The van der Waals surface area contributed by atoms with Crippen molar-refractivity contribution < 1.29 is 0 Å². The maximum absolute atomic E-state index is 5.90. The van der Waals surface area contributed by atoms with E-state index in [2.05, 4.69) is 18.9 Å². The predicted octanol–water partition coefficient (Wildman–Crippen LogP) is 3.37. The Hall–Kier alpha value is -1.48. The Balaban J connectivity index is 2.50. The number of halogens is 1. The number of nitrogens with zero attached hydrogens (tertiary/aromatic N) is 2. The predicted molar refractivity (Wildman–Crippen MR) is 67.5 cm³/mol. The Morgan fingerprint density at radius 3 is 2.69 bits per heavy atom. The fourth-order valence-electron chi connectivity index (χ4n) is 1.66. The van der Waals surface area contributed by atoms with E-state index in [0.29, 0.717) is 16.8 Å². The van der Waals surface area contributed by atoms with E-state index in [0.717, 1.165) is 11.3 Å². The van der Waals surface area contributed by atoms with E-state index in [9.17, 15) is 0 Å². The van der Waals surface area contributed by atoms with Gasteiger partial charge < -0.3 is 5.73 Å². The van der Waals surface area contributed by atoms with Crippen molar-refractivity contribution in [1.29, 1.82) is 0 Å². The van der Waals surface area contributed by atoms with Crippen molar-refractivity contribution in [1.82, 2.24) is 9.78 Å². The monoisotopic (exact) mass is 235 g/mol. The van der Waals surface area contributed by atoms with Crippen LogP contribution in [0.1, 0.15) is 19.9 Å². The van der Waals surface area contributed by atoms with E-state index in [1.54, 1.807) is 6.20 Å². The van der Waals surface area contributed by atoms with E-state index in [-0.39, 0.29) is 0 Å². The molecule has 3 nitrogen and oxygen atoms in total. The van der Waals surface area contributed by atoms with Crippen LogP contribution in [-0.2, 0) is 0 Å². The molecule has 84 valence electrons. The third-order valence-electron chi connectivity index (χ3n) is 2.45. The molecule has 0 unspecified atom stereocenters. The van der Waals surface area contributed by atoms with Gasteiger partial charge in [-0.15, -0.1) is 0 Å². The number of nitrogens with two attached hydrogens (primary N) is 1. The highest BCUT2D eigenvalue weighted by Crippen LogP contribution is 2.27. The summed E-state index contributed by atoms with van der Waals surface area (Å²) >= 11 is 5.90. The molecular formula is C12H14ClN3. The fourth-order valence-corrected chi connectivity index (χ4v) is 1.77. The van der Waals surface area contributed by atoms with Crippen LogP contribution in [-0.4, -0.2) is 9.78 Å². The maximum atomic E-state index is 5.90. The molecule has 1 aromatic heterocycles. The summed E-state index contributed by atoms with van der Waals surface area (Å²) in [6, 6.07) is 7.93. The third kappa shape index (κ3) is 1.91. The van der Waals surface area contributed by atoms with Gasteiger partial charge in [0, 0.05) is 17.8 Å². The van der Waals surface area contributed by atoms with Crippen LogP contribution in [0, 0.1) is 0 Å². The lowest BCUT2D eigenvalue weighted by Gasteiger charge is -2.11. The topological polar surface area (TPSA) is 43.8 Å². The van der Waals surface area contributed by atoms with Gasteiger partial charge in [0.15, 0.2) is 0 Å². The smallest absolute Gasteiger partial charge is 0.0686 e. The van der Waals surface area contributed by atoms with Gasteiger partial charge in [0.05, 0.1) is 16.4 Å². The minimum absolute atomic E-state index is 0.321. The zero-order chi connectivity index (χ0) is 11.7. The molecule has 0 atom stereocenters. The van der Waals surface area contributed by atoms with Crippen LogP contribution >= 0.6 is 11.6 Å². The zero-order valence-corrected chi connectivity index (χ0v) is 10.1. The van der Waals surface area contributed by atoms with Crippen LogP contribution in [0.4, 0.5) is 5.69 Å². The van der Waals surface area contributed by atoms with Crippen LogP contribution in [0.25, 0.3) is 11.3 Å². The standard InChI is InChI=1S/C12H14ClN3/c1-8(2)16-12(5-6-15-16)9-3-4-10(13)11(14)7-9/h3-8H,14H2,1-2H3. The van der Waals surface area contributed by atoms with Crippen molar-refractivity contribution in [2.45, 2.75) is 19.9 Å². The molecule has 0 bridgehead atoms. The Morgan fingerprint density at radius 2 is 2.06 bits per heavy atom. The molecule has 2 aromatic rings. The summed E-state index contributed by atoms with van der Waals surface area (Å²) in [7, 11) is 0. The first-order valence-electron chi connectivity index (χ1n) is 5.18. The third-order valence-corrected chi connectivity index (χ3v) is 2.80. The molecule has 0 spiro atoms. The Kier molecular flexibility index (Phi) is 2.88. The van der Waals surface area contributed by atoms with Crippen LogP contribution in [0.3, 0.4) is 0 Å². The average molecular weight is 236 g/mol. The van der Waals surface area contributed by atoms with Gasteiger partial charge in [-0.1, -0.05) is 17.7 Å². The molecule has 0 aliphatic heterocycles. The molecule has 1 aromatic carbocycles. The lowest BCUT2D eigenvalue weighted by atomic mass is 10.1. The van der Waals surface area contributed by atoms with E-state index in [1.165, 1.54) is 0 Å². The Morgan fingerprint density at radius 1 is 1.31 bits per heavy atom. The summed E-state index contributed by atoms with van der Waals surface area (Å²) in [6.07, 6.45) is 1.79. The number of anilines is 1. The van der Waals surface area contributed by atoms with E-state index in [1.807, 2.05) is 28.9 Å². The number of benzene rings is 1. The highest BCUT2D eigenvalue weighted by atomic mass is 35.5. The normalized spacial score (nSPS) is 11.0. The van der Waals surface area contributed by atoms with Crippen LogP contribution in [0.15, 0.2) is 30.5 Å². The Bertz CT molecular complexity index is 503. The molecule has 0 radical (unpaired) electrons. The first-order chi connectivity index (χ1) is 7.59. The highest BCUT2D eigenvalue weighted by Gasteiger charge is 2.09. The molecular weight excluding hydrogens is 222 g/mol. The van der Waals surface area contributed by atoms with Crippen molar-refractivity contribution in [2.24, 2.45) is 0 Å². The number of hydrogen-bond acceptors (Lipinski definition) is 2. The number of aromatic nitrogens is 2. The number of nitrogen functional groups attached to an aromatic ring is 1. The summed E-state index contributed by atoms with van der Waals surface area (Å²) in [4.78, 5) is 0. The molecule has 0 amide bonds. The Labute approximate surface area is 99.8 Å². The van der Waals surface area contributed by atoms with E-state index in [4.69, 9.17) is 17.3 Å². The second kappa shape index (κ2) is 4.18. The molecule has 2 rings (SSSR count). The van der Waals surface area contributed by atoms with Crippen LogP contribution in [0.5, 0.6) is 0 Å². The summed E-state index contributed by atoms with van der Waals surface area (Å²) in [5.74, 6) is 0. The molecule has 0 saturated heterocycles. The second-order valence-electron chi connectivity index (χ2n) is 3.99. The average Bonchev–Trinajstić information content (AvgIpc) is 2.71. The molecule has 16 heavy (non-hydrogen) atoms. The quantitative estimate of drug-likeness (QED) is 0.812. The van der Waals surface area contributed by atoms with Crippen molar-refractivity contribution in [3.05, 3.63) is 35.5 Å². The van der Waals surface area contributed by atoms with Crippen LogP contribution < -0.4 is 5.73 Å². The van der Waals surface area contributed by atoms with Crippen molar-refractivity contribution in [3.8, 4) is 11.3 Å². The SMILES string of the molecule is CC(C)n1nccc1-c1ccc(Cl)c(N)c1. The second-order valence-corrected chi connectivity index (χ2v) is 4.40. The van der Waals surface area contributed by atoms with Gasteiger partial charge in [0.25, 0.3) is 0 Å². The van der Waals surface area contributed by atoms with Gasteiger partial charge >= 0.3 is 0 Å². The molecule has 0 fully saturated rings. The molecule has 0 saturated carbocycles. The lowest BCUT2D eigenvalue weighted by molar-refractivity contribution is 0.538.